The van der Waals surface area contributed by atoms with Crippen LogP contribution in [-0.4, -0.2) is 74.7 Å². The summed E-state index contributed by atoms with van der Waals surface area (Å²) in [5.41, 5.74) is 0.859. The number of carbonyl (C=O) groups excluding carboxylic acids is 1. The fourth-order valence-corrected chi connectivity index (χ4v) is 5.10. The summed E-state index contributed by atoms with van der Waals surface area (Å²) >= 11 is 0. The number of ether oxygens (including phenoxy) is 1. The lowest BCUT2D eigenvalue weighted by molar-refractivity contribution is -0.134. The summed E-state index contributed by atoms with van der Waals surface area (Å²) in [4.78, 5) is 14.8. The normalized spacial score (nSPS) is 23.9. The van der Waals surface area contributed by atoms with E-state index in [1.54, 1.807) is 21.2 Å². The number of carbonyl (C=O) groups is 1. The van der Waals surface area contributed by atoms with Crippen molar-refractivity contribution in [1.29, 1.82) is 0 Å². The first-order valence-electron chi connectivity index (χ1n) is 8.92. The van der Waals surface area contributed by atoms with Gasteiger partial charge in [-0.15, -0.1) is 0 Å². The highest BCUT2D eigenvalue weighted by atomic mass is 32.2. The molecule has 3 aliphatic heterocycles. The summed E-state index contributed by atoms with van der Waals surface area (Å²) in [7, 11) is 1.24. The zero-order valence-electron chi connectivity index (χ0n) is 15.6. The monoisotopic (exact) mass is 381 g/mol. The van der Waals surface area contributed by atoms with Gasteiger partial charge < -0.3 is 9.64 Å². The smallest absolute Gasteiger partial charge is 0.281 e. The summed E-state index contributed by atoms with van der Waals surface area (Å²) in [6.45, 7) is 1.47. The Balaban J connectivity index is 1.77. The molecule has 144 valence electrons. The predicted octanol–water partition coefficient (Wildman–Crippen LogP) is 0.967. The lowest BCUT2D eigenvalue weighted by Crippen LogP contribution is -2.49. The molecule has 0 spiro atoms. The molecule has 3 aliphatic rings. The fraction of sp³-hybridized carbons (Fsp3) is 0.611. The number of nitrogens with zero attached hydrogens (tertiary/aromatic N) is 3. The maximum absolute atomic E-state index is 13.0. The van der Waals surface area contributed by atoms with Crippen molar-refractivity contribution in [3.63, 3.8) is 0 Å². The molecule has 8 heteroatoms. The highest BCUT2D eigenvalue weighted by Crippen LogP contribution is 2.30. The number of para-hydroxylation sites is 1. The van der Waals surface area contributed by atoms with E-state index < -0.39 is 10.2 Å². The second-order valence-electron chi connectivity index (χ2n) is 7.24. The Kier molecular flexibility index (Phi) is 5.55. The van der Waals surface area contributed by atoms with Crippen molar-refractivity contribution in [3.05, 3.63) is 29.8 Å². The van der Waals surface area contributed by atoms with Crippen molar-refractivity contribution in [2.75, 3.05) is 40.8 Å². The second-order valence-corrected chi connectivity index (χ2v) is 9.38. The topological polar surface area (TPSA) is 70.2 Å². The molecule has 2 atom stereocenters. The van der Waals surface area contributed by atoms with Gasteiger partial charge in [-0.1, -0.05) is 18.2 Å². The van der Waals surface area contributed by atoms with E-state index in [2.05, 4.69) is 0 Å². The van der Waals surface area contributed by atoms with Gasteiger partial charge in [0, 0.05) is 45.3 Å². The Morgan fingerprint density at radius 1 is 1.19 bits per heavy atom. The second kappa shape index (κ2) is 7.54. The van der Waals surface area contributed by atoms with Gasteiger partial charge in [0.25, 0.3) is 10.2 Å². The molecule has 3 saturated heterocycles. The Morgan fingerprint density at radius 3 is 2.62 bits per heavy atom. The van der Waals surface area contributed by atoms with Crippen molar-refractivity contribution in [2.45, 2.75) is 25.3 Å². The third kappa shape index (κ3) is 3.72. The third-order valence-electron chi connectivity index (χ3n) is 5.32. The number of hydrogen-bond donors (Lipinski definition) is 0. The zero-order valence-corrected chi connectivity index (χ0v) is 16.4. The van der Waals surface area contributed by atoms with Crippen LogP contribution in [0, 0.1) is 5.92 Å². The van der Waals surface area contributed by atoms with E-state index in [0.29, 0.717) is 25.4 Å². The van der Waals surface area contributed by atoms with E-state index in [9.17, 15) is 13.2 Å². The van der Waals surface area contributed by atoms with Gasteiger partial charge in [0.1, 0.15) is 5.75 Å². The molecule has 3 fully saturated rings. The molecule has 3 heterocycles. The minimum Gasteiger partial charge on any atom is -0.496 e. The summed E-state index contributed by atoms with van der Waals surface area (Å²) in [6.07, 6.45) is 2.08. The molecule has 1 aromatic carbocycles. The highest BCUT2D eigenvalue weighted by Gasteiger charge is 2.41. The Bertz CT molecular complexity index is 765. The van der Waals surface area contributed by atoms with Gasteiger partial charge in [-0.2, -0.15) is 17.0 Å². The average molecular weight is 381 g/mol. The molecule has 1 aromatic rings. The van der Waals surface area contributed by atoms with Crippen molar-refractivity contribution >= 4 is 16.1 Å². The fourth-order valence-electron chi connectivity index (χ4n) is 3.88. The standard InChI is InChI=1S/C18H27N3O4S/c1-19(2)26(23,24)20-11-14-8-9-16(13-20)21(12-14)18(22)10-15-6-4-5-7-17(15)25-3/h4-7,14,16H,8-13H2,1-3H3/t14-,16+/m0/s1. The van der Waals surface area contributed by atoms with Crippen LogP contribution in [0.2, 0.25) is 0 Å². The van der Waals surface area contributed by atoms with Crippen LogP contribution in [-0.2, 0) is 21.4 Å². The first-order chi connectivity index (χ1) is 12.3. The molecular formula is C18H27N3O4S. The van der Waals surface area contributed by atoms with Crippen LogP contribution in [0.15, 0.2) is 24.3 Å². The molecular weight excluding hydrogens is 354 g/mol. The zero-order chi connectivity index (χ0) is 18.9. The van der Waals surface area contributed by atoms with Crippen LogP contribution in [0.4, 0.5) is 0 Å². The summed E-state index contributed by atoms with van der Waals surface area (Å²) in [5.74, 6) is 0.927. The molecule has 2 bridgehead atoms. The van der Waals surface area contributed by atoms with Crippen LogP contribution in [0.3, 0.4) is 0 Å². The number of amides is 1. The van der Waals surface area contributed by atoms with Crippen molar-refractivity contribution < 1.29 is 17.9 Å². The SMILES string of the molecule is COc1ccccc1CC(=O)N1C[C@H]2CC[C@@H]1CN(S(=O)(=O)N(C)C)C2. The van der Waals surface area contributed by atoms with Gasteiger partial charge >= 0.3 is 0 Å². The van der Waals surface area contributed by atoms with Crippen LogP contribution in [0.1, 0.15) is 18.4 Å². The molecule has 0 unspecified atom stereocenters. The van der Waals surface area contributed by atoms with E-state index >= 15 is 0 Å². The first-order valence-corrected chi connectivity index (χ1v) is 10.3. The molecule has 7 nitrogen and oxygen atoms in total. The summed E-state index contributed by atoms with van der Waals surface area (Å²) in [5, 5.41) is 0. The van der Waals surface area contributed by atoms with Gasteiger partial charge in [-0.3, -0.25) is 4.79 Å². The van der Waals surface area contributed by atoms with E-state index in [4.69, 9.17) is 4.74 Å². The number of methoxy groups -OCH3 is 1. The number of rotatable bonds is 5. The van der Waals surface area contributed by atoms with E-state index in [-0.39, 0.29) is 24.3 Å². The van der Waals surface area contributed by atoms with Crippen molar-refractivity contribution in [2.24, 2.45) is 5.92 Å². The number of benzene rings is 1. The van der Waals surface area contributed by atoms with Gasteiger partial charge in [0.2, 0.25) is 5.91 Å². The predicted molar refractivity (Wildman–Crippen MR) is 99.1 cm³/mol. The minimum atomic E-state index is -3.46. The molecule has 0 saturated carbocycles. The Morgan fingerprint density at radius 2 is 1.92 bits per heavy atom. The maximum Gasteiger partial charge on any atom is 0.281 e. The quantitative estimate of drug-likeness (QED) is 0.762. The molecule has 0 aromatic heterocycles. The lowest BCUT2D eigenvalue weighted by atomic mass is 9.94. The summed E-state index contributed by atoms with van der Waals surface area (Å²) < 4.78 is 33.2. The lowest BCUT2D eigenvalue weighted by Gasteiger charge is -2.36. The van der Waals surface area contributed by atoms with Gasteiger partial charge in [0.05, 0.1) is 13.5 Å². The van der Waals surface area contributed by atoms with Crippen LogP contribution in [0.5, 0.6) is 5.75 Å². The minimum absolute atomic E-state index is 0.0355. The average Bonchev–Trinajstić information content (AvgIpc) is 2.94. The highest BCUT2D eigenvalue weighted by molar-refractivity contribution is 7.86. The van der Waals surface area contributed by atoms with Crippen LogP contribution >= 0.6 is 0 Å². The Hall–Kier alpha value is -1.64. The van der Waals surface area contributed by atoms with Crippen LogP contribution < -0.4 is 4.74 Å². The van der Waals surface area contributed by atoms with E-state index in [1.165, 1.54) is 8.61 Å². The van der Waals surface area contributed by atoms with Gasteiger partial charge in [0.15, 0.2) is 0 Å². The number of piperidine rings is 1. The van der Waals surface area contributed by atoms with Gasteiger partial charge in [-0.05, 0) is 24.8 Å². The van der Waals surface area contributed by atoms with Crippen LogP contribution in [0.25, 0.3) is 0 Å². The number of hydrogen-bond acceptors (Lipinski definition) is 4. The van der Waals surface area contributed by atoms with Crippen molar-refractivity contribution in [3.8, 4) is 5.75 Å². The molecule has 26 heavy (non-hydrogen) atoms. The van der Waals surface area contributed by atoms with E-state index in [1.807, 2.05) is 29.2 Å². The molecule has 0 N–H and O–H groups in total. The van der Waals surface area contributed by atoms with Crippen molar-refractivity contribution in [1.82, 2.24) is 13.5 Å². The number of fused-ring (bicyclic) bond motifs is 4. The molecule has 1 amide bonds. The first kappa shape index (κ1) is 19.1. The Labute approximate surface area is 155 Å². The molecule has 0 radical (unpaired) electrons. The van der Waals surface area contributed by atoms with Gasteiger partial charge in [-0.25, -0.2) is 0 Å². The molecule has 0 aliphatic carbocycles. The van der Waals surface area contributed by atoms with E-state index in [0.717, 1.165) is 18.4 Å². The maximum atomic E-state index is 13.0. The largest absolute Gasteiger partial charge is 0.496 e. The summed E-state index contributed by atoms with van der Waals surface area (Å²) in [6, 6.07) is 7.46. The third-order valence-corrected chi connectivity index (χ3v) is 7.20. The molecule has 4 rings (SSSR count).